The van der Waals surface area contributed by atoms with E-state index in [0.29, 0.717) is 0 Å². The first kappa shape index (κ1) is 32.4. The highest BCUT2D eigenvalue weighted by molar-refractivity contribution is 6.23. The van der Waals surface area contributed by atoms with Crippen molar-refractivity contribution in [3.63, 3.8) is 0 Å². The van der Waals surface area contributed by atoms with Crippen LogP contribution >= 0.6 is 0 Å². The maximum Gasteiger partial charge on any atom is 0.159 e. The van der Waals surface area contributed by atoms with E-state index in [9.17, 15) is 0 Å². The van der Waals surface area contributed by atoms with Crippen LogP contribution in [0.5, 0.6) is 0 Å². The van der Waals surface area contributed by atoms with E-state index in [-0.39, 0.29) is 0 Å². The Morgan fingerprint density at radius 2 is 0.741 bits per heavy atom. The molecule has 10 aromatic carbocycles. The van der Waals surface area contributed by atoms with Crippen molar-refractivity contribution >= 4 is 110 Å². The van der Waals surface area contributed by atoms with Gasteiger partial charge in [0.15, 0.2) is 11.2 Å². The van der Waals surface area contributed by atoms with E-state index in [4.69, 9.17) is 8.83 Å². The number of fused-ring (bicyclic) bond motifs is 11. The molecule has 4 heteroatoms. The molecule has 12 rings (SSSR count). The molecule has 0 atom stereocenters. The lowest BCUT2D eigenvalue weighted by molar-refractivity contribution is 0.668. The second kappa shape index (κ2) is 12.9. The minimum Gasteiger partial charge on any atom is -0.454 e. The van der Waals surface area contributed by atoms with Crippen molar-refractivity contribution in [2.45, 2.75) is 0 Å². The fraction of sp³-hybridized carbons (Fsp3) is 0. The van der Waals surface area contributed by atoms with Crippen molar-refractivity contribution in [2.24, 2.45) is 0 Å². The Morgan fingerprint density at radius 3 is 1.38 bits per heavy atom. The van der Waals surface area contributed by atoms with Crippen molar-refractivity contribution in [3.8, 4) is 0 Å². The minimum atomic E-state index is 0.857. The van der Waals surface area contributed by atoms with E-state index in [1.807, 2.05) is 18.2 Å². The van der Waals surface area contributed by atoms with Gasteiger partial charge >= 0.3 is 0 Å². The number of hydrogen-bond acceptors (Lipinski definition) is 4. The van der Waals surface area contributed by atoms with E-state index >= 15 is 0 Å². The molecule has 0 aliphatic carbocycles. The van der Waals surface area contributed by atoms with Crippen LogP contribution in [0, 0.1) is 0 Å². The normalized spacial score (nSPS) is 11.8. The summed E-state index contributed by atoms with van der Waals surface area (Å²) in [5.41, 5.74) is 9.66. The zero-order chi connectivity index (χ0) is 38.2. The van der Waals surface area contributed by atoms with Crippen molar-refractivity contribution in [2.75, 3.05) is 9.80 Å². The lowest BCUT2D eigenvalue weighted by Gasteiger charge is -2.28. The molecule has 58 heavy (non-hydrogen) atoms. The summed E-state index contributed by atoms with van der Waals surface area (Å²) in [4.78, 5) is 4.69. The van der Waals surface area contributed by atoms with Gasteiger partial charge in [-0.3, -0.25) is 0 Å². The largest absolute Gasteiger partial charge is 0.454 e. The van der Waals surface area contributed by atoms with Crippen LogP contribution < -0.4 is 9.80 Å². The highest BCUT2D eigenvalue weighted by atomic mass is 16.3. The monoisotopic (exact) mass is 742 g/mol. The Morgan fingerprint density at radius 1 is 0.259 bits per heavy atom. The smallest absolute Gasteiger partial charge is 0.159 e. The Kier molecular flexibility index (Phi) is 7.20. The predicted octanol–water partition coefficient (Wildman–Crippen LogP) is 15.9. The first-order chi connectivity index (χ1) is 28.8. The third-order valence-corrected chi connectivity index (χ3v) is 11.6. The topological polar surface area (TPSA) is 32.8 Å². The number of rotatable bonds is 6. The molecule has 0 unspecified atom stereocenters. The molecule has 272 valence electrons. The van der Waals surface area contributed by atoms with Gasteiger partial charge in [-0.05, 0) is 93.7 Å². The predicted molar refractivity (Wildman–Crippen MR) is 243 cm³/mol. The third-order valence-electron chi connectivity index (χ3n) is 11.6. The zero-order valence-electron chi connectivity index (χ0n) is 31.3. The molecule has 0 aliphatic rings. The molecule has 0 fully saturated rings. The SMILES string of the molecule is c1ccc(N(c2ccc3ccc4c5ccccc5c(N(c5ccccc5)c5cccc6c5oc5ccccc56)cc4c3c2)c2cccc3c2oc2ccccc23)cc1. The van der Waals surface area contributed by atoms with Crippen LogP contribution in [-0.4, -0.2) is 0 Å². The van der Waals surface area contributed by atoms with Gasteiger partial charge in [0.25, 0.3) is 0 Å². The van der Waals surface area contributed by atoms with Crippen LogP contribution in [0.4, 0.5) is 34.1 Å². The molecular weight excluding hydrogens is 709 g/mol. The Labute approximate surface area is 334 Å². The zero-order valence-corrected chi connectivity index (χ0v) is 31.3. The van der Waals surface area contributed by atoms with Gasteiger partial charge in [-0.15, -0.1) is 0 Å². The van der Waals surface area contributed by atoms with Crippen LogP contribution in [0.1, 0.15) is 0 Å². The molecule has 2 heterocycles. The summed E-state index contributed by atoms with van der Waals surface area (Å²) in [6.45, 7) is 0. The van der Waals surface area contributed by atoms with E-state index in [2.05, 4.69) is 198 Å². The number of anilines is 6. The van der Waals surface area contributed by atoms with Gasteiger partial charge in [0.05, 0.1) is 17.1 Å². The van der Waals surface area contributed by atoms with Crippen LogP contribution in [0.2, 0.25) is 0 Å². The molecule has 12 aromatic rings. The average Bonchev–Trinajstić information content (AvgIpc) is 3.87. The summed E-state index contributed by atoms with van der Waals surface area (Å²) in [7, 11) is 0. The molecule has 0 amide bonds. The Bertz CT molecular complexity index is 3530. The number of nitrogens with zero attached hydrogens (tertiary/aromatic N) is 2. The summed E-state index contributed by atoms with van der Waals surface area (Å²) in [5, 5.41) is 11.4. The van der Waals surface area contributed by atoms with Gasteiger partial charge in [-0.1, -0.05) is 140 Å². The molecule has 0 radical (unpaired) electrons. The van der Waals surface area contributed by atoms with E-state index in [0.717, 1.165) is 94.2 Å². The van der Waals surface area contributed by atoms with Crippen LogP contribution in [0.15, 0.2) is 215 Å². The summed E-state index contributed by atoms with van der Waals surface area (Å²) in [5.74, 6) is 0. The van der Waals surface area contributed by atoms with E-state index < -0.39 is 0 Å². The van der Waals surface area contributed by atoms with Crippen molar-refractivity contribution in [1.82, 2.24) is 0 Å². The number of furan rings is 2. The Hall–Kier alpha value is -7.82. The second-order valence-electron chi connectivity index (χ2n) is 14.9. The molecule has 0 saturated heterocycles. The van der Waals surface area contributed by atoms with Crippen molar-refractivity contribution < 1.29 is 8.83 Å². The maximum atomic E-state index is 6.70. The fourth-order valence-corrected chi connectivity index (χ4v) is 9.01. The van der Waals surface area contributed by atoms with Gasteiger partial charge < -0.3 is 18.6 Å². The summed E-state index contributed by atoms with van der Waals surface area (Å²) >= 11 is 0. The van der Waals surface area contributed by atoms with Gasteiger partial charge in [0.2, 0.25) is 0 Å². The molecule has 0 bridgehead atoms. The van der Waals surface area contributed by atoms with Crippen LogP contribution in [0.25, 0.3) is 76.2 Å². The average molecular weight is 743 g/mol. The Balaban J connectivity index is 1.14. The minimum absolute atomic E-state index is 0.857. The summed E-state index contributed by atoms with van der Waals surface area (Å²) in [6, 6.07) is 73.2. The molecule has 0 saturated carbocycles. The standard InChI is InChI=1S/C54H34N2O2/c1-3-15-36(16-4-1)55(48-25-13-23-44-42-21-9-11-27-51(42)57-53(44)48)38-31-29-35-30-32-40-39-19-7-8-20-41(39)50(34-47(40)46(35)33-38)56(37-17-5-2-6-18-37)49-26-14-24-45-43-22-10-12-28-52(43)58-54(45)49/h1-34H. The third kappa shape index (κ3) is 4.95. The van der Waals surface area contributed by atoms with E-state index in [1.54, 1.807) is 0 Å². The van der Waals surface area contributed by atoms with Gasteiger partial charge in [-0.2, -0.15) is 0 Å². The quantitative estimate of drug-likeness (QED) is 0.159. The fourth-order valence-electron chi connectivity index (χ4n) is 9.01. The molecular formula is C54H34N2O2. The highest BCUT2D eigenvalue weighted by Crippen LogP contribution is 2.48. The highest BCUT2D eigenvalue weighted by Gasteiger charge is 2.24. The lowest BCUT2D eigenvalue weighted by atomic mass is 9.94. The van der Waals surface area contributed by atoms with Gasteiger partial charge in [0.1, 0.15) is 11.2 Å². The number of benzene rings is 10. The molecule has 4 nitrogen and oxygen atoms in total. The summed E-state index contributed by atoms with van der Waals surface area (Å²) < 4.78 is 13.3. The van der Waals surface area contributed by atoms with Crippen molar-refractivity contribution in [1.29, 1.82) is 0 Å². The van der Waals surface area contributed by atoms with Crippen LogP contribution in [0.3, 0.4) is 0 Å². The number of hydrogen-bond donors (Lipinski definition) is 0. The molecule has 2 aromatic heterocycles. The molecule has 0 spiro atoms. The van der Waals surface area contributed by atoms with Crippen molar-refractivity contribution in [3.05, 3.63) is 206 Å². The number of para-hydroxylation sites is 6. The van der Waals surface area contributed by atoms with Gasteiger partial charge in [0, 0.05) is 44.0 Å². The second-order valence-corrected chi connectivity index (χ2v) is 14.9. The van der Waals surface area contributed by atoms with Gasteiger partial charge in [-0.25, -0.2) is 0 Å². The van der Waals surface area contributed by atoms with E-state index in [1.165, 1.54) is 16.2 Å². The molecule has 0 aliphatic heterocycles. The summed E-state index contributed by atoms with van der Waals surface area (Å²) in [6.07, 6.45) is 0. The molecule has 0 N–H and O–H groups in total. The van der Waals surface area contributed by atoms with Crippen LogP contribution in [-0.2, 0) is 0 Å². The first-order valence-electron chi connectivity index (χ1n) is 19.7. The lowest BCUT2D eigenvalue weighted by Crippen LogP contribution is -2.11. The first-order valence-corrected chi connectivity index (χ1v) is 19.7. The maximum absolute atomic E-state index is 6.70.